The Bertz CT molecular complexity index is 515. The number of esters is 1. The van der Waals surface area contributed by atoms with Crippen molar-refractivity contribution in [3.8, 4) is 0 Å². The smallest absolute Gasteiger partial charge is 0.360 e. The molecular formula is C8H5BrN2O6. The van der Waals surface area contributed by atoms with Gasteiger partial charge in [0.05, 0.1) is 17.0 Å². The highest BCUT2D eigenvalue weighted by molar-refractivity contribution is 9.10. The van der Waals surface area contributed by atoms with Crippen LogP contribution in [-0.2, 0) is 4.74 Å². The van der Waals surface area contributed by atoms with Gasteiger partial charge in [0.25, 0.3) is 0 Å². The Morgan fingerprint density at radius 3 is 2.29 bits per heavy atom. The van der Waals surface area contributed by atoms with Gasteiger partial charge in [-0.15, -0.1) is 0 Å². The molecule has 0 atom stereocenters. The van der Waals surface area contributed by atoms with Gasteiger partial charge in [0.15, 0.2) is 0 Å². The number of nitro groups is 2. The minimum atomic E-state index is -1.01. The van der Waals surface area contributed by atoms with Crippen LogP contribution < -0.4 is 0 Å². The number of methoxy groups -OCH3 is 1. The van der Waals surface area contributed by atoms with Crippen molar-refractivity contribution < 1.29 is 19.4 Å². The topological polar surface area (TPSA) is 113 Å². The number of carbonyl (C=O) groups is 1. The van der Waals surface area contributed by atoms with Crippen LogP contribution in [0.2, 0.25) is 0 Å². The molecule has 1 aromatic rings. The van der Waals surface area contributed by atoms with Crippen molar-refractivity contribution >= 4 is 33.3 Å². The highest BCUT2D eigenvalue weighted by atomic mass is 79.9. The lowest BCUT2D eigenvalue weighted by Crippen LogP contribution is -2.08. The summed E-state index contributed by atoms with van der Waals surface area (Å²) in [5.74, 6) is -1.01. The van der Waals surface area contributed by atoms with Gasteiger partial charge in [0.1, 0.15) is 5.56 Å². The van der Waals surface area contributed by atoms with E-state index in [1.807, 2.05) is 0 Å². The third-order valence-electron chi connectivity index (χ3n) is 1.84. The van der Waals surface area contributed by atoms with Crippen molar-refractivity contribution in [3.05, 3.63) is 42.4 Å². The van der Waals surface area contributed by atoms with Crippen molar-refractivity contribution in [3.63, 3.8) is 0 Å². The van der Waals surface area contributed by atoms with Crippen molar-refractivity contribution in [2.24, 2.45) is 0 Å². The summed E-state index contributed by atoms with van der Waals surface area (Å²) in [5, 5.41) is 21.4. The molecule has 8 nitrogen and oxygen atoms in total. The van der Waals surface area contributed by atoms with Gasteiger partial charge in [-0.1, -0.05) is 15.9 Å². The summed E-state index contributed by atoms with van der Waals surface area (Å²) in [6.45, 7) is 0. The van der Waals surface area contributed by atoms with Crippen LogP contribution in [0.1, 0.15) is 10.4 Å². The molecule has 0 amide bonds. The maximum absolute atomic E-state index is 11.3. The van der Waals surface area contributed by atoms with Gasteiger partial charge < -0.3 is 4.74 Å². The van der Waals surface area contributed by atoms with Gasteiger partial charge in [-0.25, -0.2) is 4.79 Å². The first-order chi connectivity index (χ1) is 7.88. The van der Waals surface area contributed by atoms with E-state index in [-0.39, 0.29) is 4.47 Å². The Kier molecular flexibility index (Phi) is 3.73. The van der Waals surface area contributed by atoms with Crippen LogP contribution in [0.25, 0.3) is 0 Å². The molecule has 0 spiro atoms. The fourth-order valence-electron chi connectivity index (χ4n) is 1.18. The minimum Gasteiger partial charge on any atom is -0.465 e. The van der Waals surface area contributed by atoms with E-state index in [4.69, 9.17) is 0 Å². The number of benzene rings is 1. The van der Waals surface area contributed by atoms with E-state index in [1.165, 1.54) is 0 Å². The minimum absolute atomic E-state index is 0.176. The molecule has 0 heterocycles. The van der Waals surface area contributed by atoms with Crippen LogP contribution in [0.4, 0.5) is 11.4 Å². The molecule has 1 rings (SSSR count). The third kappa shape index (κ3) is 2.56. The SMILES string of the molecule is COC(=O)c1cc(Br)cc([N+](=O)[O-])c1[N+](=O)[O-]. The Balaban J connectivity index is 3.63. The Labute approximate surface area is 103 Å². The van der Waals surface area contributed by atoms with E-state index in [1.54, 1.807) is 0 Å². The summed E-state index contributed by atoms with van der Waals surface area (Å²) in [6.07, 6.45) is 0. The molecule has 0 aromatic heterocycles. The standard InChI is InChI=1S/C8H5BrN2O6/c1-17-8(12)5-2-4(9)3-6(10(13)14)7(5)11(15)16/h2-3H,1H3. The van der Waals surface area contributed by atoms with E-state index in [2.05, 4.69) is 20.7 Å². The second-order valence-corrected chi connectivity index (χ2v) is 3.74. The zero-order chi connectivity index (χ0) is 13.2. The molecule has 1 aromatic carbocycles. The van der Waals surface area contributed by atoms with Crippen LogP contribution in [-0.4, -0.2) is 22.9 Å². The van der Waals surface area contributed by atoms with Gasteiger partial charge in [-0.3, -0.25) is 20.2 Å². The lowest BCUT2D eigenvalue weighted by Gasteiger charge is -2.02. The van der Waals surface area contributed by atoms with E-state index in [0.29, 0.717) is 0 Å². The van der Waals surface area contributed by atoms with Crippen LogP contribution in [0.3, 0.4) is 0 Å². The molecule has 0 aliphatic carbocycles. The average Bonchev–Trinajstić information content (AvgIpc) is 2.26. The number of hydrogen-bond donors (Lipinski definition) is 0. The van der Waals surface area contributed by atoms with E-state index >= 15 is 0 Å². The molecule has 0 N–H and O–H groups in total. The second-order valence-electron chi connectivity index (χ2n) is 2.83. The number of ether oxygens (including phenoxy) is 1. The fourth-order valence-corrected chi connectivity index (χ4v) is 1.63. The van der Waals surface area contributed by atoms with Gasteiger partial charge in [-0.05, 0) is 6.07 Å². The zero-order valence-corrected chi connectivity index (χ0v) is 9.96. The molecule has 90 valence electrons. The average molecular weight is 305 g/mol. The van der Waals surface area contributed by atoms with Crippen molar-refractivity contribution in [1.82, 2.24) is 0 Å². The Morgan fingerprint density at radius 2 is 1.88 bits per heavy atom. The van der Waals surface area contributed by atoms with Crippen molar-refractivity contribution in [1.29, 1.82) is 0 Å². The summed E-state index contributed by atoms with van der Waals surface area (Å²) in [4.78, 5) is 30.8. The molecule has 0 fully saturated rings. The summed E-state index contributed by atoms with van der Waals surface area (Å²) in [5.41, 5.74) is -2.13. The molecule has 17 heavy (non-hydrogen) atoms. The molecule has 0 unspecified atom stereocenters. The number of hydrogen-bond acceptors (Lipinski definition) is 6. The summed E-state index contributed by atoms with van der Waals surface area (Å²) >= 11 is 2.93. The lowest BCUT2D eigenvalue weighted by atomic mass is 10.1. The predicted octanol–water partition coefficient (Wildman–Crippen LogP) is 2.05. The summed E-state index contributed by atoms with van der Waals surface area (Å²) in [6, 6.07) is 2.04. The molecular weight excluding hydrogens is 300 g/mol. The quantitative estimate of drug-likeness (QED) is 0.480. The largest absolute Gasteiger partial charge is 0.465 e. The molecule has 0 radical (unpaired) electrons. The van der Waals surface area contributed by atoms with Gasteiger partial charge in [-0.2, -0.15) is 0 Å². The lowest BCUT2D eigenvalue weighted by molar-refractivity contribution is -0.422. The van der Waals surface area contributed by atoms with Crippen LogP contribution in [0, 0.1) is 20.2 Å². The van der Waals surface area contributed by atoms with E-state index in [9.17, 15) is 25.0 Å². The Hall–Kier alpha value is -2.03. The Morgan fingerprint density at radius 1 is 1.29 bits per heavy atom. The van der Waals surface area contributed by atoms with E-state index in [0.717, 1.165) is 19.2 Å². The number of halogens is 1. The first kappa shape index (κ1) is 13.0. The van der Waals surface area contributed by atoms with Gasteiger partial charge in [0.2, 0.25) is 0 Å². The zero-order valence-electron chi connectivity index (χ0n) is 8.38. The molecule has 0 aliphatic rings. The number of carbonyl (C=O) groups excluding carboxylic acids is 1. The normalized spacial score (nSPS) is 9.76. The molecule has 0 saturated carbocycles. The number of nitro benzene ring substituents is 2. The molecule has 0 saturated heterocycles. The maximum atomic E-state index is 11.3. The fraction of sp³-hybridized carbons (Fsp3) is 0.125. The monoisotopic (exact) mass is 304 g/mol. The van der Waals surface area contributed by atoms with Gasteiger partial charge >= 0.3 is 17.3 Å². The summed E-state index contributed by atoms with van der Waals surface area (Å²) in [7, 11) is 1.03. The summed E-state index contributed by atoms with van der Waals surface area (Å²) < 4.78 is 4.51. The number of rotatable bonds is 3. The highest BCUT2D eigenvalue weighted by Gasteiger charge is 2.33. The molecule has 0 bridgehead atoms. The van der Waals surface area contributed by atoms with Crippen LogP contribution in [0.15, 0.2) is 16.6 Å². The first-order valence-electron chi connectivity index (χ1n) is 4.09. The molecule has 0 aliphatic heterocycles. The third-order valence-corrected chi connectivity index (χ3v) is 2.30. The molecule has 9 heteroatoms. The first-order valence-corrected chi connectivity index (χ1v) is 4.88. The predicted molar refractivity (Wildman–Crippen MR) is 58.8 cm³/mol. The maximum Gasteiger partial charge on any atom is 0.360 e. The van der Waals surface area contributed by atoms with Crippen molar-refractivity contribution in [2.45, 2.75) is 0 Å². The van der Waals surface area contributed by atoms with Crippen molar-refractivity contribution in [2.75, 3.05) is 7.11 Å². The van der Waals surface area contributed by atoms with Crippen LogP contribution >= 0.6 is 15.9 Å². The van der Waals surface area contributed by atoms with E-state index < -0.39 is 32.8 Å². The number of nitrogens with zero attached hydrogens (tertiary/aromatic N) is 2. The highest BCUT2D eigenvalue weighted by Crippen LogP contribution is 2.34. The van der Waals surface area contributed by atoms with Crippen LogP contribution in [0.5, 0.6) is 0 Å². The van der Waals surface area contributed by atoms with Gasteiger partial charge in [0, 0.05) is 10.5 Å². The second kappa shape index (κ2) is 4.87.